The lowest BCUT2D eigenvalue weighted by molar-refractivity contribution is -0.124. The van der Waals surface area contributed by atoms with Crippen LogP contribution >= 0.6 is 15.9 Å². The maximum atomic E-state index is 12.0. The molecule has 0 bridgehead atoms. The first-order valence-corrected chi connectivity index (χ1v) is 7.69. The van der Waals surface area contributed by atoms with Crippen molar-refractivity contribution in [2.45, 2.75) is 45.8 Å². The van der Waals surface area contributed by atoms with E-state index >= 15 is 0 Å². The summed E-state index contributed by atoms with van der Waals surface area (Å²) in [6, 6.07) is 3.62. The van der Waals surface area contributed by atoms with Gasteiger partial charge in [0.2, 0.25) is 12.7 Å². The summed E-state index contributed by atoms with van der Waals surface area (Å²) in [4.78, 5) is 12.0. The third-order valence-electron chi connectivity index (χ3n) is 2.99. The van der Waals surface area contributed by atoms with Crippen LogP contribution in [0.1, 0.15) is 33.3 Å². The van der Waals surface area contributed by atoms with E-state index in [0.717, 1.165) is 21.5 Å². The zero-order valence-corrected chi connectivity index (χ0v) is 14.3. The van der Waals surface area contributed by atoms with Crippen LogP contribution in [0.5, 0.6) is 11.5 Å². The summed E-state index contributed by atoms with van der Waals surface area (Å²) in [5, 5.41) is 6.16. The number of hydrogen-bond acceptors (Lipinski definition) is 4. The average molecular weight is 357 g/mol. The minimum absolute atomic E-state index is 0.0118. The minimum Gasteiger partial charge on any atom is -0.454 e. The van der Waals surface area contributed by atoms with Gasteiger partial charge in [-0.3, -0.25) is 4.79 Å². The van der Waals surface area contributed by atoms with Crippen LogP contribution < -0.4 is 20.1 Å². The number of amides is 1. The minimum atomic E-state index is -0.270. The molecule has 0 saturated carbocycles. The first-order valence-electron chi connectivity index (χ1n) is 6.90. The Morgan fingerprint density at radius 1 is 1.38 bits per heavy atom. The van der Waals surface area contributed by atoms with Crippen molar-refractivity contribution in [1.82, 2.24) is 10.6 Å². The molecule has 0 fully saturated rings. The SMILES string of the molecule is CC(NCc1cc(Br)c2c(c1)OCO2)C(=O)NC(C)(C)C. The smallest absolute Gasteiger partial charge is 0.237 e. The Balaban J connectivity index is 1.94. The maximum absolute atomic E-state index is 12.0. The predicted molar refractivity (Wildman–Crippen MR) is 84.5 cm³/mol. The molecule has 0 saturated heterocycles. The molecule has 21 heavy (non-hydrogen) atoms. The Kier molecular flexibility index (Phi) is 4.78. The highest BCUT2D eigenvalue weighted by Crippen LogP contribution is 2.39. The molecule has 1 atom stereocenters. The Hall–Kier alpha value is -1.27. The molecule has 5 nitrogen and oxygen atoms in total. The lowest BCUT2D eigenvalue weighted by atomic mass is 10.1. The second-order valence-electron chi connectivity index (χ2n) is 6.15. The molecule has 1 aromatic carbocycles. The number of rotatable bonds is 4. The summed E-state index contributed by atoms with van der Waals surface area (Å²) in [7, 11) is 0. The second-order valence-corrected chi connectivity index (χ2v) is 7.01. The summed E-state index contributed by atoms with van der Waals surface area (Å²) >= 11 is 3.46. The summed E-state index contributed by atoms with van der Waals surface area (Å²) in [5.74, 6) is 1.45. The molecule has 2 N–H and O–H groups in total. The summed E-state index contributed by atoms with van der Waals surface area (Å²) in [6.45, 7) is 8.57. The quantitative estimate of drug-likeness (QED) is 0.870. The van der Waals surface area contributed by atoms with E-state index in [1.54, 1.807) is 0 Å². The zero-order valence-electron chi connectivity index (χ0n) is 12.7. The van der Waals surface area contributed by atoms with E-state index in [0.29, 0.717) is 6.54 Å². The van der Waals surface area contributed by atoms with Crippen LogP contribution in [0, 0.1) is 0 Å². The van der Waals surface area contributed by atoms with Crippen LogP contribution in [0.3, 0.4) is 0 Å². The Bertz CT molecular complexity index is 540. The van der Waals surface area contributed by atoms with Gasteiger partial charge in [-0.25, -0.2) is 0 Å². The molecular formula is C15H21BrN2O3. The maximum Gasteiger partial charge on any atom is 0.237 e. The lowest BCUT2D eigenvalue weighted by Gasteiger charge is -2.23. The standard InChI is InChI=1S/C15H21BrN2O3/c1-9(14(19)18-15(2,3)4)17-7-10-5-11(16)13-12(6-10)20-8-21-13/h5-6,9,17H,7-8H2,1-4H3,(H,18,19). The number of nitrogens with one attached hydrogen (secondary N) is 2. The highest BCUT2D eigenvalue weighted by atomic mass is 79.9. The fourth-order valence-electron chi connectivity index (χ4n) is 1.96. The predicted octanol–water partition coefficient (Wildman–Crippen LogP) is 2.57. The van der Waals surface area contributed by atoms with Crippen molar-refractivity contribution in [2.75, 3.05) is 6.79 Å². The molecule has 1 aliphatic heterocycles. The Labute approximate surface area is 133 Å². The third-order valence-corrected chi connectivity index (χ3v) is 3.58. The fourth-order valence-corrected chi connectivity index (χ4v) is 2.57. The van der Waals surface area contributed by atoms with Crippen LogP contribution in [0.2, 0.25) is 0 Å². The van der Waals surface area contributed by atoms with Crippen LogP contribution in [0.15, 0.2) is 16.6 Å². The normalized spacial score (nSPS) is 14.9. The molecule has 1 amide bonds. The third kappa shape index (κ3) is 4.35. The van der Waals surface area contributed by atoms with Crippen molar-refractivity contribution >= 4 is 21.8 Å². The van der Waals surface area contributed by atoms with Crippen LogP contribution in [-0.4, -0.2) is 24.3 Å². The van der Waals surface area contributed by atoms with E-state index in [9.17, 15) is 4.79 Å². The van der Waals surface area contributed by atoms with Gasteiger partial charge in [-0.2, -0.15) is 0 Å². The molecule has 2 rings (SSSR count). The molecule has 1 aromatic rings. The molecule has 0 aromatic heterocycles. The largest absolute Gasteiger partial charge is 0.454 e. The van der Waals surface area contributed by atoms with E-state index in [2.05, 4.69) is 26.6 Å². The van der Waals surface area contributed by atoms with Gasteiger partial charge in [-0.1, -0.05) is 0 Å². The Morgan fingerprint density at radius 2 is 2.10 bits per heavy atom. The molecule has 116 valence electrons. The van der Waals surface area contributed by atoms with Crippen molar-refractivity contribution in [2.24, 2.45) is 0 Å². The van der Waals surface area contributed by atoms with Crippen molar-refractivity contribution in [3.05, 3.63) is 22.2 Å². The topological polar surface area (TPSA) is 59.6 Å². The molecule has 0 spiro atoms. The van der Waals surface area contributed by atoms with Gasteiger partial charge >= 0.3 is 0 Å². The van der Waals surface area contributed by atoms with Crippen molar-refractivity contribution < 1.29 is 14.3 Å². The molecule has 6 heteroatoms. The number of benzene rings is 1. The average Bonchev–Trinajstić information content (AvgIpc) is 2.82. The summed E-state index contributed by atoms with van der Waals surface area (Å²) in [6.07, 6.45) is 0. The van der Waals surface area contributed by atoms with Crippen molar-refractivity contribution in [1.29, 1.82) is 0 Å². The summed E-state index contributed by atoms with van der Waals surface area (Å²) < 4.78 is 11.6. The molecule has 0 aliphatic carbocycles. The number of halogens is 1. The van der Waals surface area contributed by atoms with Gasteiger partial charge in [0, 0.05) is 12.1 Å². The first kappa shape index (κ1) is 16.1. The van der Waals surface area contributed by atoms with E-state index < -0.39 is 0 Å². The molecule has 1 aliphatic rings. The summed E-state index contributed by atoms with van der Waals surface area (Å²) in [5.41, 5.74) is 0.802. The Morgan fingerprint density at radius 3 is 2.76 bits per heavy atom. The van der Waals surface area contributed by atoms with Gasteiger partial charge in [-0.05, 0) is 61.3 Å². The van der Waals surface area contributed by atoms with Gasteiger partial charge in [0.15, 0.2) is 11.5 Å². The number of hydrogen-bond donors (Lipinski definition) is 2. The highest BCUT2D eigenvalue weighted by Gasteiger charge is 2.20. The fraction of sp³-hybridized carbons (Fsp3) is 0.533. The van der Waals surface area contributed by atoms with Crippen molar-refractivity contribution in [3.63, 3.8) is 0 Å². The number of carbonyl (C=O) groups is 1. The number of carbonyl (C=O) groups excluding carboxylic acids is 1. The zero-order chi connectivity index (χ0) is 15.6. The number of fused-ring (bicyclic) bond motifs is 1. The van der Waals surface area contributed by atoms with E-state index in [1.165, 1.54) is 0 Å². The van der Waals surface area contributed by atoms with Gasteiger partial charge in [-0.15, -0.1) is 0 Å². The van der Waals surface area contributed by atoms with Gasteiger partial charge in [0.05, 0.1) is 10.5 Å². The molecular weight excluding hydrogens is 336 g/mol. The van der Waals surface area contributed by atoms with Crippen LogP contribution in [0.25, 0.3) is 0 Å². The van der Waals surface area contributed by atoms with Gasteiger partial charge in [0.1, 0.15) is 0 Å². The van der Waals surface area contributed by atoms with E-state index in [-0.39, 0.29) is 24.3 Å². The molecule has 1 unspecified atom stereocenters. The second kappa shape index (κ2) is 6.23. The monoisotopic (exact) mass is 356 g/mol. The molecule has 1 heterocycles. The molecule has 0 radical (unpaired) electrons. The lowest BCUT2D eigenvalue weighted by Crippen LogP contribution is -2.49. The van der Waals surface area contributed by atoms with Gasteiger partial charge < -0.3 is 20.1 Å². The van der Waals surface area contributed by atoms with E-state index in [4.69, 9.17) is 9.47 Å². The number of ether oxygens (including phenoxy) is 2. The van der Waals surface area contributed by atoms with Gasteiger partial charge in [0.25, 0.3) is 0 Å². The van der Waals surface area contributed by atoms with Crippen molar-refractivity contribution in [3.8, 4) is 11.5 Å². The van der Waals surface area contributed by atoms with Crippen LogP contribution in [0.4, 0.5) is 0 Å². The highest BCUT2D eigenvalue weighted by molar-refractivity contribution is 9.10. The van der Waals surface area contributed by atoms with Crippen LogP contribution in [-0.2, 0) is 11.3 Å². The van der Waals surface area contributed by atoms with E-state index in [1.807, 2.05) is 39.8 Å². The first-order chi connectivity index (χ1) is 9.76.